The molecule has 1 N–H and O–H groups in total. The second kappa shape index (κ2) is 1.92. The largest absolute Gasteiger partial charge is 0.423 e. The number of hydrogen-bond donors (Lipinski definition) is 1. The SMILES string of the molecule is Cc1nnc(CO)o1. The minimum atomic E-state index is -0.180. The Morgan fingerprint density at radius 3 is 2.62 bits per heavy atom. The molecular weight excluding hydrogens is 108 g/mol. The van der Waals surface area contributed by atoms with Gasteiger partial charge in [-0.2, -0.15) is 0 Å². The van der Waals surface area contributed by atoms with Gasteiger partial charge in [-0.3, -0.25) is 0 Å². The Balaban J connectivity index is 2.84. The minimum Gasteiger partial charge on any atom is -0.423 e. The van der Waals surface area contributed by atoms with Crippen LogP contribution in [0.1, 0.15) is 11.8 Å². The maximum absolute atomic E-state index is 8.35. The van der Waals surface area contributed by atoms with Gasteiger partial charge in [0.25, 0.3) is 0 Å². The van der Waals surface area contributed by atoms with Crippen LogP contribution in [-0.2, 0) is 6.61 Å². The fraction of sp³-hybridized carbons (Fsp3) is 0.500. The summed E-state index contributed by atoms with van der Waals surface area (Å²) in [6, 6.07) is 0. The third-order valence-electron chi connectivity index (χ3n) is 0.703. The molecule has 1 heterocycles. The molecule has 4 heteroatoms. The molecule has 0 spiro atoms. The fourth-order valence-electron chi connectivity index (χ4n) is 0.401. The maximum atomic E-state index is 8.35. The number of aliphatic hydroxyl groups excluding tert-OH is 1. The molecule has 0 fully saturated rings. The molecule has 0 unspecified atom stereocenters. The standard InChI is InChI=1S/C4H6N2O2/c1-3-5-6-4(2-7)8-3/h7H,2H2,1H3. The number of aromatic nitrogens is 2. The lowest BCUT2D eigenvalue weighted by atomic mass is 10.7. The van der Waals surface area contributed by atoms with Gasteiger partial charge in [-0.25, -0.2) is 0 Å². The highest BCUT2D eigenvalue weighted by Crippen LogP contribution is 1.94. The van der Waals surface area contributed by atoms with E-state index in [1.807, 2.05) is 0 Å². The summed E-state index contributed by atoms with van der Waals surface area (Å²) in [6.45, 7) is 1.49. The Labute approximate surface area is 46.2 Å². The molecule has 0 atom stereocenters. The second-order valence-corrected chi connectivity index (χ2v) is 1.37. The van der Waals surface area contributed by atoms with Crippen LogP contribution in [0.15, 0.2) is 4.42 Å². The molecule has 0 bridgehead atoms. The van der Waals surface area contributed by atoms with E-state index < -0.39 is 0 Å². The summed E-state index contributed by atoms with van der Waals surface area (Å²) >= 11 is 0. The molecule has 0 aliphatic rings. The molecule has 1 rings (SSSR count). The van der Waals surface area contributed by atoms with Gasteiger partial charge in [0.2, 0.25) is 11.8 Å². The predicted octanol–water partition coefficient (Wildman–Crippen LogP) is -0.130. The fourth-order valence-corrected chi connectivity index (χ4v) is 0.401. The van der Waals surface area contributed by atoms with Crippen LogP contribution in [0.3, 0.4) is 0 Å². The Bertz CT molecular complexity index is 172. The lowest BCUT2D eigenvalue weighted by Gasteiger charge is -1.77. The summed E-state index contributed by atoms with van der Waals surface area (Å²) in [7, 11) is 0. The van der Waals surface area contributed by atoms with Crippen LogP contribution in [0, 0.1) is 6.92 Å². The summed E-state index contributed by atoms with van der Waals surface area (Å²) in [5.74, 6) is 0.747. The van der Waals surface area contributed by atoms with Gasteiger partial charge >= 0.3 is 0 Å². The Morgan fingerprint density at radius 1 is 1.62 bits per heavy atom. The number of aryl methyl sites for hydroxylation is 1. The van der Waals surface area contributed by atoms with Crippen LogP contribution in [0.5, 0.6) is 0 Å². The monoisotopic (exact) mass is 114 g/mol. The van der Waals surface area contributed by atoms with Crippen LogP contribution in [0.2, 0.25) is 0 Å². The zero-order valence-electron chi connectivity index (χ0n) is 4.46. The highest BCUT2D eigenvalue weighted by molar-refractivity contribution is 4.74. The van der Waals surface area contributed by atoms with Crippen LogP contribution >= 0.6 is 0 Å². The van der Waals surface area contributed by atoms with E-state index in [4.69, 9.17) is 9.52 Å². The van der Waals surface area contributed by atoms with Gasteiger partial charge in [-0.05, 0) is 0 Å². The third-order valence-corrected chi connectivity index (χ3v) is 0.703. The first-order valence-electron chi connectivity index (χ1n) is 2.23. The van der Waals surface area contributed by atoms with E-state index in [2.05, 4.69) is 10.2 Å². The summed E-state index contributed by atoms with van der Waals surface area (Å²) < 4.78 is 4.76. The van der Waals surface area contributed by atoms with E-state index in [0.29, 0.717) is 5.89 Å². The summed E-state index contributed by atoms with van der Waals surface area (Å²) in [5, 5.41) is 15.3. The molecule has 0 aromatic carbocycles. The highest BCUT2D eigenvalue weighted by atomic mass is 16.4. The molecule has 8 heavy (non-hydrogen) atoms. The molecule has 0 saturated heterocycles. The average Bonchev–Trinajstić information content (AvgIpc) is 2.14. The molecule has 0 aliphatic carbocycles. The van der Waals surface area contributed by atoms with Gasteiger partial charge in [0.1, 0.15) is 6.61 Å². The molecule has 1 aromatic heterocycles. The van der Waals surface area contributed by atoms with E-state index in [1.54, 1.807) is 6.92 Å². The summed E-state index contributed by atoms with van der Waals surface area (Å²) in [6.07, 6.45) is 0. The van der Waals surface area contributed by atoms with E-state index in [9.17, 15) is 0 Å². The van der Waals surface area contributed by atoms with Crippen LogP contribution in [0.4, 0.5) is 0 Å². The van der Waals surface area contributed by atoms with E-state index in [0.717, 1.165) is 0 Å². The Kier molecular flexibility index (Phi) is 1.26. The lowest BCUT2D eigenvalue weighted by molar-refractivity contribution is 0.238. The molecule has 0 radical (unpaired) electrons. The van der Waals surface area contributed by atoms with Crippen LogP contribution in [0.25, 0.3) is 0 Å². The summed E-state index contributed by atoms with van der Waals surface area (Å²) in [4.78, 5) is 0. The predicted molar refractivity (Wildman–Crippen MR) is 25.0 cm³/mol. The normalized spacial score (nSPS) is 9.75. The van der Waals surface area contributed by atoms with Crippen molar-refractivity contribution < 1.29 is 9.52 Å². The zero-order chi connectivity index (χ0) is 5.98. The summed E-state index contributed by atoms with van der Waals surface area (Å²) in [5.41, 5.74) is 0. The second-order valence-electron chi connectivity index (χ2n) is 1.37. The van der Waals surface area contributed by atoms with E-state index >= 15 is 0 Å². The van der Waals surface area contributed by atoms with Gasteiger partial charge in [0.15, 0.2) is 0 Å². The first kappa shape index (κ1) is 5.24. The van der Waals surface area contributed by atoms with Gasteiger partial charge < -0.3 is 9.52 Å². The first-order chi connectivity index (χ1) is 3.83. The van der Waals surface area contributed by atoms with Crippen molar-refractivity contribution in [3.63, 3.8) is 0 Å². The zero-order valence-corrected chi connectivity index (χ0v) is 4.46. The number of hydrogen-bond acceptors (Lipinski definition) is 4. The topological polar surface area (TPSA) is 59.2 Å². The van der Waals surface area contributed by atoms with Crippen molar-refractivity contribution in [3.05, 3.63) is 11.8 Å². The highest BCUT2D eigenvalue weighted by Gasteiger charge is 1.96. The molecule has 0 saturated carbocycles. The minimum absolute atomic E-state index is 0.180. The van der Waals surface area contributed by atoms with Crippen molar-refractivity contribution in [1.82, 2.24) is 10.2 Å². The van der Waals surface area contributed by atoms with Crippen LogP contribution < -0.4 is 0 Å². The first-order valence-corrected chi connectivity index (χ1v) is 2.23. The van der Waals surface area contributed by atoms with Crippen molar-refractivity contribution in [3.8, 4) is 0 Å². The van der Waals surface area contributed by atoms with Gasteiger partial charge in [0.05, 0.1) is 0 Å². The third kappa shape index (κ3) is 0.840. The van der Waals surface area contributed by atoms with Crippen molar-refractivity contribution in [2.24, 2.45) is 0 Å². The van der Waals surface area contributed by atoms with E-state index in [-0.39, 0.29) is 12.5 Å². The average molecular weight is 114 g/mol. The molecule has 4 nitrogen and oxygen atoms in total. The van der Waals surface area contributed by atoms with Gasteiger partial charge in [-0.15, -0.1) is 10.2 Å². The van der Waals surface area contributed by atoms with Gasteiger partial charge in [0, 0.05) is 6.92 Å². The Morgan fingerprint density at radius 2 is 2.38 bits per heavy atom. The van der Waals surface area contributed by atoms with Gasteiger partial charge in [-0.1, -0.05) is 0 Å². The number of nitrogens with zero attached hydrogens (tertiary/aromatic N) is 2. The Hall–Kier alpha value is -0.900. The lowest BCUT2D eigenvalue weighted by Crippen LogP contribution is -1.79. The number of rotatable bonds is 1. The quantitative estimate of drug-likeness (QED) is 0.552. The maximum Gasteiger partial charge on any atom is 0.241 e. The van der Waals surface area contributed by atoms with Crippen molar-refractivity contribution in [1.29, 1.82) is 0 Å². The molecule has 44 valence electrons. The number of aliphatic hydroxyl groups is 1. The molecule has 0 aliphatic heterocycles. The van der Waals surface area contributed by atoms with Crippen LogP contribution in [-0.4, -0.2) is 15.3 Å². The van der Waals surface area contributed by atoms with E-state index in [1.165, 1.54) is 0 Å². The molecule has 1 aromatic rings. The molecular formula is C4H6N2O2. The van der Waals surface area contributed by atoms with Crippen molar-refractivity contribution in [2.45, 2.75) is 13.5 Å². The smallest absolute Gasteiger partial charge is 0.241 e. The van der Waals surface area contributed by atoms with Crippen molar-refractivity contribution in [2.75, 3.05) is 0 Å². The molecule has 0 amide bonds. The van der Waals surface area contributed by atoms with Crippen molar-refractivity contribution >= 4 is 0 Å².